The van der Waals surface area contributed by atoms with Crippen LogP contribution in [0.5, 0.6) is 0 Å². The molecule has 0 aliphatic rings. The van der Waals surface area contributed by atoms with Crippen LogP contribution >= 0.6 is 0 Å². The molecule has 2 aromatic heterocycles. The first-order chi connectivity index (χ1) is 18.0. The number of sulfone groups is 1. The Morgan fingerprint density at radius 3 is 2.37 bits per heavy atom. The molecule has 0 unspecified atom stereocenters. The van der Waals surface area contributed by atoms with E-state index in [0.29, 0.717) is 36.1 Å². The zero-order valence-corrected chi connectivity index (χ0v) is 23.0. The number of aryl methyl sites for hydroxylation is 2. The van der Waals surface area contributed by atoms with Crippen molar-refractivity contribution in [3.8, 4) is 0 Å². The van der Waals surface area contributed by atoms with Crippen LogP contribution in [0.15, 0.2) is 76.6 Å². The van der Waals surface area contributed by atoms with Crippen molar-refractivity contribution in [1.82, 2.24) is 9.97 Å². The number of nitrogens with zero attached hydrogens (tertiary/aromatic N) is 3. The van der Waals surface area contributed by atoms with Crippen LogP contribution in [0.1, 0.15) is 58.3 Å². The van der Waals surface area contributed by atoms with Gasteiger partial charge in [-0.2, -0.15) is 0 Å². The molecule has 0 saturated carbocycles. The number of hydrogen-bond acceptors (Lipinski definition) is 7. The molecule has 1 N–H and O–H groups in total. The van der Waals surface area contributed by atoms with Gasteiger partial charge in [-0.15, -0.1) is 0 Å². The van der Waals surface area contributed by atoms with Crippen LogP contribution in [0.2, 0.25) is 0 Å². The molecule has 9 heteroatoms. The molecule has 0 aliphatic heterocycles. The fourth-order valence-corrected chi connectivity index (χ4v) is 4.49. The van der Waals surface area contributed by atoms with Crippen molar-refractivity contribution in [1.29, 1.82) is 0 Å². The van der Waals surface area contributed by atoms with E-state index in [1.165, 1.54) is 11.8 Å². The third-order valence-electron chi connectivity index (χ3n) is 6.35. The van der Waals surface area contributed by atoms with Crippen LogP contribution < -0.4 is 10.2 Å². The van der Waals surface area contributed by atoms with Crippen LogP contribution in [0.3, 0.4) is 0 Å². The van der Waals surface area contributed by atoms with Crippen LogP contribution in [-0.4, -0.2) is 30.5 Å². The molecule has 1 amide bonds. The molecular weight excluding hydrogens is 500 g/mol. The molecular formula is C29H32N4O4S. The molecule has 0 spiro atoms. The molecule has 0 atom stereocenters. The van der Waals surface area contributed by atoms with Gasteiger partial charge >= 0.3 is 0 Å². The predicted octanol–water partition coefficient (Wildman–Crippen LogP) is 5.67. The summed E-state index contributed by atoms with van der Waals surface area (Å²) in [4.78, 5) is 23.8. The average Bonchev–Trinajstić information content (AvgIpc) is 3.38. The maximum absolute atomic E-state index is 13.5. The van der Waals surface area contributed by atoms with Gasteiger partial charge in [0.2, 0.25) is 15.0 Å². The fraction of sp³-hybridized carbons (Fsp3) is 0.276. The molecule has 4 aromatic rings. The Morgan fingerprint density at radius 2 is 1.76 bits per heavy atom. The van der Waals surface area contributed by atoms with E-state index in [-0.39, 0.29) is 5.69 Å². The Bertz CT molecular complexity index is 1530. The quantitative estimate of drug-likeness (QED) is 0.277. The number of hydrogen-bond donors (Lipinski definition) is 1. The number of aromatic nitrogens is 2. The molecule has 0 fully saturated rings. The van der Waals surface area contributed by atoms with Crippen LogP contribution in [0.4, 0.5) is 11.4 Å². The lowest BCUT2D eigenvalue weighted by Gasteiger charge is -2.26. The molecule has 198 valence electrons. The van der Waals surface area contributed by atoms with Gasteiger partial charge in [-0.3, -0.25) is 4.79 Å². The molecule has 8 nitrogen and oxygen atoms in total. The summed E-state index contributed by atoms with van der Waals surface area (Å²) in [6.45, 7) is 8.97. The molecule has 4 rings (SSSR count). The minimum Gasteiger partial charge on any atom is -0.467 e. The van der Waals surface area contributed by atoms with E-state index >= 15 is 0 Å². The van der Waals surface area contributed by atoms with Gasteiger partial charge in [0.1, 0.15) is 5.76 Å². The standard InChI is InChI=1S/C29H32N4O4S/c1-19(2)23-11-9-22(10-12-23)17-33(18-25-7-6-14-37-25)26-16-30-29(38(5,35)36)32-27(26)28(34)31-24-13-8-20(3)21(4)15-24/h6-16,19H,17-18H2,1-5H3,(H,31,34). The molecule has 2 heterocycles. The summed E-state index contributed by atoms with van der Waals surface area (Å²) in [5, 5.41) is 2.46. The summed E-state index contributed by atoms with van der Waals surface area (Å²) in [6.07, 6.45) is 4.00. The minimum atomic E-state index is -3.75. The largest absolute Gasteiger partial charge is 0.467 e. The second-order valence-corrected chi connectivity index (χ2v) is 11.7. The van der Waals surface area contributed by atoms with E-state index in [1.54, 1.807) is 18.4 Å². The van der Waals surface area contributed by atoms with Gasteiger partial charge in [-0.1, -0.05) is 44.2 Å². The maximum atomic E-state index is 13.5. The predicted molar refractivity (Wildman–Crippen MR) is 148 cm³/mol. The van der Waals surface area contributed by atoms with Gasteiger partial charge in [0.15, 0.2) is 5.69 Å². The van der Waals surface area contributed by atoms with Gasteiger partial charge in [0.05, 0.1) is 24.7 Å². The Kier molecular flexibility index (Phi) is 7.97. The van der Waals surface area contributed by atoms with Crippen molar-refractivity contribution in [2.45, 2.75) is 51.9 Å². The van der Waals surface area contributed by atoms with Gasteiger partial charge in [-0.05, 0) is 66.3 Å². The van der Waals surface area contributed by atoms with Gasteiger partial charge in [0, 0.05) is 18.5 Å². The van der Waals surface area contributed by atoms with Crippen molar-refractivity contribution in [3.63, 3.8) is 0 Å². The minimum absolute atomic E-state index is 0.0380. The van der Waals surface area contributed by atoms with E-state index in [1.807, 2.05) is 49.1 Å². The zero-order chi connectivity index (χ0) is 27.4. The van der Waals surface area contributed by atoms with E-state index in [0.717, 1.165) is 22.9 Å². The maximum Gasteiger partial charge on any atom is 0.276 e. The van der Waals surface area contributed by atoms with Crippen LogP contribution in [0, 0.1) is 13.8 Å². The van der Waals surface area contributed by atoms with Crippen LogP contribution in [-0.2, 0) is 22.9 Å². The first-order valence-electron chi connectivity index (χ1n) is 12.3. The first-order valence-corrected chi connectivity index (χ1v) is 14.2. The number of carbonyl (C=O) groups excluding carboxylic acids is 1. The van der Waals surface area contributed by atoms with Crippen molar-refractivity contribution in [2.24, 2.45) is 0 Å². The topological polar surface area (TPSA) is 105 Å². The Hall–Kier alpha value is -3.98. The second-order valence-electron chi connectivity index (χ2n) is 9.74. The highest BCUT2D eigenvalue weighted by molar-refractivity contribution is 7.90. The number of amides is 1. The summed E-state index contributed by atoms with van der Waals surface area (Å²) in [5.41, 5.74) is 5.29. The molecule has 2 aromatic carbocycles. The molecule has 0 aliphatic carbocycles. The van der Waals surface area contributed by atoms with Crippen molar-refractivity contribution < 1.29 is 17.6 Å². The van der Waals surface area contributed by atoms with E-state index in [2.05, 4.69) is 41.3 Å². The summed E-state index contributed by atoms with van der Waals surface area (Å²) in [6, 6.07) is 17.5. The highest BCUT2D eigenvalue weighted by Crippen LogP contribution is 2.26. The fourth-order valence-electron chi connectivity index (χ4n) is 3.99. The number of nitrogens with one attached hydrogen (secondary N) is 1. The Balaban J connectivity index is 1.76. The number of benzene rings is 2. The van der Waals surface area contributed by atoms with Crippen LogP contribution in [0.25, 0.3) is 0 Å². The smallest absolute Gasteiger partial charge is 0.276 e. The third kappa shape index (κ3) is 6.47. The Morgan fingerprint density at radius 1 is 1.03 bits per heavy atom. The number of carbonyl (C=O) groups is 1. The zero-order valence-electron chi connectivity index (χ0n) is 22.2. The lowest BCUT2D eigenvalue weighted by molar-refractivity contribution is 0.102. The lowest BCUT2D eigenvalue weighted by Crippen LogP contribution is -2.27. The second kappa shape index (κ2) is 11.2. The van der Waals surface area contributed by atoms with Crippen molar-refractivity contribution in [2.75, 3.05) is 16.5 Å². The SMILES string of the molecule is Cc1ccc(NC(=O)c2nc(S(C)(=O)=O)ncc2N(Cc2ccc(C(C)C)cc2)Cc2ccco2)cc1C. The summed E-state index contributed by atoms with van der Waals surface area (Å²) in [5.74, 6) is 0.549. The monoisotopic (exact) mass is 532 g/mol. The normalized spacial score (nSPS) is 11.5. The highest BCUT2D eigenvalue weighted by atomic mass is 32.2. The van der Waals surface area contributed by atoms with Crippen molar-refractivity contribution in [3.05, 3.63) is 101 Å². The average molecular weight is 533 g/mol. The number of anilines is 2. The summed E-state index contributed by atoms with van der Waals surface area (Å²) in [7, 11) is -3.75. The molecule has 0 radical (unpaired) electrons. The third-order valence-corrected chi connectivity index (χ3v) is 7.21. The summed E-state index contributed by atoms with van der Waals surface area (Å²) >= 11 is 0. The molecule has 0 bridgehead atoms. The lowest BCUT2D eigenvalue weighted by atomic mass is 10.0. The summed E-state index contributed by atoms with van der Waals surface area (Å²) < 4.78 is 30.1. The van der Waals surface area contributed by atoms with E-state index in [9.17, 15) is 13.2 Å². The molecule has 0 saturated heterocycles. The van der Waals surface area contributed by atoms with E-state index < -0.39 is 20.9 Å². The molecule has 38 heavy (non-hydrogen) atoms. The highest BCUT2D eigenvalue weighted by Gasteiger charge is 2.24. The number of furan rings is 1. The van der Waals surface area contributed by atoms with Gasteiger partial charge in [0.25, 0.3) is 5.91 Å². The first kappa shape index (κ1) is 27.1. The Labute approximate surface area is 223 Å². The number of rotatable bonds is 9. The van der Waals surface area contributed by atoms with Crippen molar-refractivity contribution >= 4 is 27.1 Å². The van der Waals surface area contributed by atoms with E-state index in [4.69, 9.17) is 4.42 Å². The van der Waals surface area contributed by atoms with Gasteiger partial charge < -0.3 is 14.6 Å². The van der Waals surface area contributed by atoms with Gasteiger partial charge in [-0.25, -0.2) is 18.4 Å².